The molecule has 1 aromatic carbocycles. The fourth-order valence-electron chi connectivity index (χ4n) is 3.26. The Morgan fingerprint density at radius 1 is 1.14 bits per heavy atom. The number of benzene rings is 1. The molecule has 0 saturated heterocycles. The van der Waals surface area contributed by atoms with Crippen LogP contribution >= 0.6 is 23.2 Å². The summed E-state index contributed by atoms with van der Waals surface area (Å²) in [4.78, 5) is 0. The monoisotopic (exact) mass is 320 g/mol. The molecule has 3 rings (SSSR count). The van der Waals surface area contributed by atoms with Crippen LogP contribution in [0.2, 0.25) is 10.0 Å². The second kappa shape index (κ2) is 5.23. The van der Waals surface area contributed by atoms with Crippen molar-refractivity contribution in [2.75, 3.05) is 0 Å². The van der Waals surface area contributed by atoms with Gasteiger partial charge in [0.15, 0.2) is 0 Å². The smallest absolute Gasteiger partial charge is 0.124 e. The van der Waals surface area contributed by atoms with E-state index in [-0.39, 0.29) is 11.5 Å². The van der Waals surface area contributed by atoms with E-state index in [1.807, 2.05) is 24.3 Å². The first-order valence-electron chi connectivity index (χ1n) is 7.09. The average Bonchev–Trinajstić information content (AvgIpc) is 2.35. The predicted octanol–water partition coefficient (Wildman–Crippen LogP) is 6.05. The minimum Gasteiger partial charge on any atom is -0.487 e. The number of ether oxygens (including phenoxy) is 1. The molecule has 1 unspecified atom stereocenters. The standard InChI is InChI=1S/C18H18Cl2O/c1-11-10-18(2,3)21-16-6-4-5-15(17(11)16)12-7-13(19)9-14(20)8-12/h4-9,15H,10H2,1-3H3. The van der Waals surface area contributed by atoms with Crippen molar-refractivity contribution >= 4 is 23.2 Å². The summed E-state index contributed by atoms with van der Waals surface area (Å²) >= 11 is 12.3. The van der Waals surface area contributed by atoms with Crippen molar-refractivity contribution in [3.05, 3.63) is 68.9 Å². The Kier molecular flexibility index (Phi) is 3.67. The van der Waals surface area contributed by atoms with Crippen LogP contribution in [-0.2, 0) is 4.74 Å². The normalized spacial score (nSPS) is 23.5. The third-order valence-corrected chi connectivity index (χ3v) is 4.34. The molecule has 0 amide bonds. The van der Waals surface area contributed by atoms with Gasteiger partial charge in [-0.2, -0.15) is 0 Å². The van der Waals surface area contributed by atoms with Crippen LogP contribution in [0.15, 0.2) is 53.3 Å². The minimum absolute atomic E-state index is 0.150. The van der Waals surface area contributed by atoms with Crippen molar-refractivity contribution in [3.63, 3.8) is 0 Å². The van der Waals surface area contributed by atoms with E-state index < -0.39 is 0 Å². The molecule has 3 heteroatoms. The predicted molar refractivity (Wildman–Crippen MR) is 88.9 cm³/mol. The van der Waals surface area contributed by atoms with Gasteiger partial charge in [0.2, 0.25) is 0 Å². The molecular weight excluding hydrogens is 303 g/mol. The Bertz CT molecular complexity index is 660. The van der Waals surface area contributed by atoms with E-state index in [2.05, 4.69) is 26.8 Å². The van der Waals surface area contributed by atoms with Gasteiger partial charge in [-0.3, -0.25) is 0 Å². The number of allylic oxidation sites excluding steroid dienone is 4. The molecule has 0 saturated carbocycles. The van der Waals surface area contributed by atoms with Gasteiger partial charge in [-0.15, -0.1) is 0 Å². The lowest BCUT2D eigenvalue weighted by Crippen LogP contribution is -2.31. The van der Waals surface area contributed by atoms with E-state index in [0.717, 1.165) is 17.7 Å². The van der Waals surface area contributed by atoms with E-state index in [9.17, 15) is 0 Å². The van der Waals surface area contributed by atoms with Crippen molar-refractivity contribution in [2.45, 2.75) is 38.7 Å². The van der Waals surface area contributed by atoms with Crippen LogP contribution < -0.4 is 0 Å². The second-order valence-corrected chi connectivity index (χ2v) is 7.20. The molecular formula is C18H18Cl2O. The van der Waals surface area contributed by atoms with Crippen molar-refractivity contribution in [1.82, 2.24) is 0 Å². The summed E-state index contributed by atoms with van der Waals surface area (Å²) in [5.74, 6) is 1.12. The lowest BCUT2D eigenvalue weighted by atomic mass is 9.79. The van der Waals surface area contributed by atoms with E-state index in [1.54, 1.807) is 6.07 Å². The van der Waals surface area contributed by atoms with Crippen molar-refractivity contribution in [3.8, 4) is 0 Å². The molecule has 1 aromatic rings. The summed E-state index contributed by atoms with van der Waals surface area (Å²) in [6.07, 6.45) is 7.19. The Morgan fingerprint density at radius 2 is 1.81 bits per heavy atom. The highest BCUT2D eigenvalue weighted by atomic mass is 35.5. The molecule has 1 atom stereocenters. The third-order valence-electron chi connectivity index (χ3n) is 3.91. The van der Waals surface area contributed by atoms with Crippen LogP contribution in [0.4, 0.5) is 0 Å². The lowest BCUT2D eigenvalue weighted by Gasteiger charge is -2.38. The molecule has 1 heterocycles. The fourth-order valence-corrected chi connectivity index (χ4v) is 3.80. The fraction of sp³-hybridized carbons (Fsp3) is 0.333. The number of halogens is 2. The number of hydrogen-bond acceptors (Lipinski definition) is 1. The van der Waals surface area contributed by atoms with Crippen LogP contribution in [-0.4, -0.2) is 5.60 Å². The molecule has 1 aliphatic heterocycles. The van der Waals surface area contributed by atoms with Gasteiger partial charge in [-0.25, -0.2) is 0 Å². The summed E-state index contributed by atoms with van der Waals surface area (Å²) in [7, 11) is 0. The number of rotatable bonds is 1. The minimum atomic E-state index is -0.152. The number of hydrogen-bond donors (Lipinski definition) is 0. The topological polar surface area (TPSA) is 9.23 Å². The largest absolute Gasteiger partial charge is 0.487 e. The molecule has 0 bridgehead atoms. The van der Waals surface area contributed by atoms with E-state index >= 15 is 0 Å². The summed E-state index contributed by atoms with van der Waals surface area (Å²) < 4.78 is 6.15. The van der Waals surface area contributed by atoms with Gasteiger partial charge >= 0.3 is 0 Å². The molecule has 0 fully saturated rings. The van der Waals surface area contributed by atoms with Crippen molar-refractivity contribution in [1.29, 1.82) is 0 Å². The molecule has 1 nitrogen and oxygen atoms in total. The third kappa shape index (κ3) is 2.90. The highest BCUT2D eigenvalue weighted by Crippen LogP contribution is 2.44. The quantitative estimate of drug-likeness (QED) is 0.612. The van der Waals surface area contributed by atoms with Gasteiger partial charge in [0.1, 0.15) is 11.4 Å². The molecule has 0 N–H and O–H groups in total. The first-order chi connectivity index (χ1) is 9.85. The number of fused-ring (bicyclic) bond motifs is 1. The zero-order valence-corrected chi connectivity index (χ0v) is 13.9. The molecule has 21 heavy (non-hydrogen) atoms. The van der Waals surface area contributed by atoms with E-state index in [0.29, 0.717) is 10.0 Å². The van der Waals surface area contributed by atoms with Gasteiger partial charge in [0, 0.05) is 28.0 Å². The summed E-state index contributed by atoms with van der Waals surface area (Å²) in [5.41, 5.74) is 3.56. The van der Waals surface area contributed by atoms with E-state index in [1.165, 1.54) is 11.1 Å². The van der Waals surface area contributed by atoms with Crippen molar-refractivity contribution < 1.29 is 4.74 Å². The summed E-state index contributed by atoms with van der Waals surface area (Å²) in [6, 6.07) is 5.72. The Morgan fingerprint density at radius 3 is 2.48 bits per heavy atom. The second-order valence-electron chi connectivity index (χ2n) is 6.33. The van der Waals surface area contributed by atoms with Crippen LogP contribution in [0.3, 0.4) is 0 Å². The van der Waals surface area contributed by atoms with Crippen LogP contribution in [0.25, 0.3) is 0 Å². The summed E-state index contributed by atoms with van der Waals surface area (Å²) in [5, 5.41) is 1.33. The SMILES string of the molecule is CC1=C2C(=CC=CC2c2cc(Cl)cc(Cl)c2)OC(C)(C)C1. The Labute approximate surface area is 135 Å². The van der Waals surface area contributed by atoms with Crippen LogP contribution in [0, 0.1) is 0 Å². The van der Waals surface area contributed by atoms with Crippen LogP contribution in [0.5, 0.6) is 0 Å². The lowest BCUT2D eigenvalue weighted by molar-refractivity contribution is 0.0291. The highest BCUT2D eigenvalue weighted by Gasteiger charge is 2.34. The maximum absolute atomic E-state index is 6.16. The van der Waals surface area contributed by atoms with Gasteiger partial charge < -0.3 is 4.74 Å². The van der Waals surface area contributed by atoms with Gasteiger partial charge in [-0.05, 0) is 50.6 Å². The van der Waals surface area contributed by atoms with Gasteiger partial charge in [0.05, 0.1) is 0 Å². The zero-order chi connectivity index (χ0) is 15.2. The Balaban J connectivity index is 2.09. The highest BCUT2D eigenvalue weighted by molar-refractivity contribution is 6.34. The average molecular weight is 321 g/mol. The van der Waals surface area contributed by atoms with Gasteiger partial charge in [-0.1, -0.05) is 40.9 Å². The molecule has 1 aliphatic carbocycles. The first kappa shape index (κ1) is 14.7. The zero-order valence-electron chi connectivity index (χ0n) is 12.4. The molecule has 110 valence electrons. The maximum Gasteiger partial charge on any atom is 0.124 e. The summed E-state index contributed by atoms with van der Waals surface area (Å²) in [6.45, 7) is 6.43. The molecule has 0 radical (unpaired) electrons. The molecule has 2 aliphatic rings. The van der Waals surface area contributed by atoms with Crippen molar-refractivity contribution in [2.24, 2.45) is 0 Å². The van der Waals surface area contributed by atoms with Gasteiger partial charge in [0.25, 0.3) is 0 Å². The maximum atomic E-state index is 6.16. The first-order valence-corrected chi connectivity index (χ1v) is 7.85. The molecule has 0 spiro atoms. The Hall–Kier alpha value is -1.18. The van der Waals surface area contributed by atoms with E-state index in [4.69, 9.17) is 27.9 Å². The van der Waals surface area contributed by atoms with Crippen LogP contribution in [0.1, 0.15) is 38.7 Å². The molecule has 0 aromatic heterocycles.